The van der Waals surface area contributed by atoms with Crippen molar-refractivity contribution >= 4 is 47.1 Å². The second-order valence-corrected chi connectivity index (χ2v) is 12.4. The minimum Gasteiger partial charge on any atom is -0.481 e. The van der Waals surface area contributed by atoms with Crippen molar-refractivity contribution < 1.29 is 28.6 Å². The first-order chi connectivity index (χ1) is 20.7. The molecule has 3 aliphatic rings. The zero-order valence-corrected chi connectivity index (χ0v) is 25.5. The summed E-state index contributed by atoms with van der Waals surface area (Å²) in [6, 6.07) is 3.03. The molecule has 4 atom stereocenters. The van der Waals surface area contributed by atoms with Crippen molar-refractivity contribution in [3.05, 3.63) is 62.5 Å². The van der Waals surface area contributed by atoms with Crippen LogP contribution < -0.4 is 5.32 Å². The Labute approximate surface area is 258 Å². The highest BCUT2D eigenvalue weighted by Crippen LogP contribution is 2.37. The number of nitrogens with zero attached hydrogens (tertiary/aromatic N) is 5. The van der Waals surface area contributed by atoms with Gasteiger partial charge in [-0.05, 0) is 38.4 Å². The van der Waals surface area contributed by atoms with Gasteiger partial charge in [-0.25, -0.2) is 14.2 Å². The number of likely N-dealkylation sites (N-methyl/N-ethyl adjacent to an activating group) is 1. The van der Waals surface area contributed by atoms with E-state index in [0.29, 0.717) is 67.5 Å². The lowest BCUT2D eigenvalue weighted by Gasteiger charge is -2.42. The second kappa shape index (κ2) is 13.5. The summed E-state index contributed by atoms with van der Waals surface area (Å²) in [5.74, 6) is -1.85. The molecular weight excluding hydrogens is 599 g/mol. The highest BCUT2D eigenvalue weighted by Gasteiger charge is 2.37. The van der Waals surface area contributed by atoms with Crippen LogP contribution in [0.2, 0.25) is 5.02 Å². The van der Waals surface area contributed by atoms with E-state index >= 15 is 0 Å². The van der Waals surface area contributed by atoms with Gasteiger partial charge in [-0.1, -0.05) is 17.7 Å². The average molecular weight is 633 g/mol. The van der Waals surface area contributed by atoms with Crippen molar-refractivity contribution in [2.45, 2.75) is 37.4 Å². The first-order valence-electron chi connectivity index (χ1n) is 14.1. The Morgan fingerprint density at radius 3 is 2.79 bits per heavy atom. The van der Waals surface area contributed by atoms with Gasteiger partial charge in [-0.2, -0.15) is 0 Å². The number of carbonyl (C=O) groups excluding carboxylic acids is 2. The molecule has 1 saturated heterocycles. The fourth-order valence-electron chi connectivity index (χ4n) is 6.05. The predicted molar refractivity (Wildman–Crippen MR) is 159 cm³/mol. The van der Waals surface area contributed by atoms with Crippen molar-refractivity contribution in [2.24, 2.45) is 10.9 Å². The summed E-state index contributed by atoms with van der Waals surface area (Å²) in [7, 11) is 3.31. The summed E-state index contributed by atoms with van der Waals surface area (Å²) in [6.45, 7) is 2.83. The van der Waals surface area contributed by atoms with Gasteiger partial charge in [-0.3, -0.25) is 24.4 Å². The molecule has 1 amide bonds. The van der Waals surface area contributed by atoms with E-state index < -0.39 is 29.7 Å². The van der Waals surface area contributed by atoms with E-state index in [1.165, 1.54) is 36.6 Å². The van der Waals surface area contributed by atoms with Crippen LogP contribution in [0.4, 0.5) is 4.39 Å². The fourth-order valence-corrected chi connectivity index (χ4v) is 6.91. The zero-order valence-electron chi connectivity index (χ0n) is 23.9. The van der Waals surface area contributed by atoms with Crippen LogP contribution in [0.15, 0.2) is 46.0 Å². The van der Waals surface area contributed by atoms with Crippen LogP contribution in [-0.4, -0.2) is 108 Å². The summed E-state index contributed by atoms with van der Waals surface area (Å²) >= 11 is 7.86. The maximum absolute atomic E-state index is 14.0. The van der Waals surface area contributed by atoms with Gasteiger partial charge < -0.3 is 20.1 Å². The normalized spacial score (nSPS) is 24.8. The molecule has 0 bridgehead atoms. The SMILES string of the molecule is COC(=O)C1=C(CN2CCN(C)[C@H](CN(C=O)C3CCC(C(=O)O)C3)C2)NC(c2nccs2)=N[C@H]1c1ccc(F)cc1Cl. The third kappa shape index (κ3) is 6.90. The van der Waals surface area contributed by atoms with E-state index in [1.807, 2.05) is 12.4 Å². The van der Waals surface area contributed by atoms with Crippen molar-refractivity contribution in [1.29, 1.82) is 0 Å². The summed E-state index contributed by atoms with van der Waals surface area (Å²) in [4.78, 5) is 52.1. The number of piperazine rings is 1. The lowest BCUT2D eigenvalue weighted by Crippen LogP contribution is -2.57. The van der Waals surface area contributed by atoms with E-state index in [0.717, 1.165) is 13.0 Å². The van der Waals surface area contributed by atoms with E-state index in [2.05, 4.69) is 20.1 Å². The number of ether oxygens (including phenoxy) is 1. The number of hydrogen-bond donors (Lipinski definition) is 2. The van der Waals surface area contributed by atoms with Gasteiger partial charge in [0.05, 0.1) is 18.6 Å². The number of nitrogens with one attached hydrogen (secondary N) is 1. The standard InChI is InChI=1S/C29H34ClFN6O5S/c1-35-8-9-36(13-20(35)14-37(16-38)19-5-3-17(11-19)28(39)40)15-23-24(29(41)42-2)25(21-6-4-18(31)12-22(21)30)34-26(33-23)27-32-7-10-43-27/h4,6-7,10,12,16-17,19-20,25H,3,5,8-9,11,13-15H2,1-2H3,(H,33,34)(H,39,40)/t17?,19?,20-,25-/m0/s1. The maximum atomic E-state index is 14.0. The molecule has 5 rings (SSSR count). The van der Waals surface area contributed by atoms with Crippen LogP contribution in [-0.2, 0) is 19.1 Å². The van der Waals surface area contributed by atoms with Crippen LogP contribution in [0.1, 0.15) is 35.9 Å². The molecule has 1 aromatic heterocycles. The summed E-state index contributed by atoms with van der Waals surface area (Å²) < 4.78 is 19.1. The van der Waals surface area contributed by atoms with Crippen LogP contribution in [0, 0.1) is 11.7 Å². The zero-order chi connectivity index (χ0) is 30.7. The number of carbonyl (C=O) groups is 3. The molecule has 2 N–H and O–H groups in total. The number of methoxy groups -OCH3 is 1. The summed E-state index contributed by atoms with van der Waals surface area (Å²) in [5.41, 5.74) is 1.31. The molecule has 14 heteroatoms. The number of thiazole rings is 1. The van der Waals surface area contributed by atoms with Gasteiger partial charge >= 0.3 is 11.9 Å². The summed E-state index contributed by atoms with van der Waals surface area (Å²) in [5, 5.41) is 15.3. The Bertz CT molecular complexity index is 1420. The number of esters is 1. The Hall–Kier alpha value is -3.39. The van der Waals surface area contributed by atoms with E-state index in [4.69, 9.17) is 21.3 Å². The predicted octanol–water partition coefficient (Wildman–Crippen LogP) is 2.78. The molecule has 1 saturated carbocycles. The molecule has 3 heterocycles. The van der Waals surface area contributed by atoms with Gasteiger partial charge in [0.1, 0.15) is 11.9 Å². The molecule has 1 aromatic carbocycles. The second-order valence-electron chi connectivity index (χ2n) is 11.1. The topological polar surface area (TPSA) is 128 Å². The third-order valence-electron chi connectivity index (χ3n) is 8.45. The van der Waals surface area contributed by atoms with Gasteiger partial charge in [0, 0.05) is 72.7 Å². The van der Waals surface area contributed by atoms with Crippen LogP contribution >= 0.6 is 22.9 Å². The van der Waals surface area contributed by atoms with E-state index in [9.17, 15) is 23.9 Å². The molecule has 230 valence electrons. The van der Waals surface area contributed by atoms with Gasteiger partial charge in [0.2, 0.25) is 6.41 Å². The Morgan fingerprint density at radius 1 is 1.33 bits per heavy atom. The minimum atomic E-state index is -0.853. The lowest BCUT2D eigenvalue weighted by molar-refractivity contribution is -0.142. The van der Waals surface area contributed by atoms with Crippen molar-refractivity contribution in [3.63, 3.8) is 0 Å². The molecule has 2 unspecified atom stereocenters. The number of benzene rings is 1. The Balaban J connectivity index is 1.41. The van der Waals surface area contributed by atoms with E-state index in [-0.39, 0.29) is 22.7 Å². The largest absolute Gasteiger partial charge is 0.481 e. The molecule has 2 aliphatic heterocycles. The molecule has 0 radical (unpaired) electrons. The van der Waals surface area contributed by atoms with Crippen LogP contribution in [0.5, 0.6) is 0 Å². The molecule has 1 aliphatic carbocycles. The number of amidine groups is 1. The monoisotopic (exact) mass is 632 g/mol. The van der Waals surface area contributed by atoms with Crippen molar-refractivity contribution in [3.8, 4) is 0 Å². The van der Waals surface area contributed by atoms with Crippen molar-refractivity contribution in [2.75, 3.05) is 46.9 Å². The molecule has 43 heavy (non-hydrogen) atoms. The first-order valence-corrected chi connectivity index (χ1v) is 15.3. The number of aliphatic carboxylic acids is 1. The Kier molecular flexibility index (Phi) is 9.75. The minimum absolute atomic E-state index is 0.0111. The number of halogens is 2. The fraction of sp³-hybridized carbons (Fsp3) is 0.483. The van der Waals surface area contributed by atoms with E-state index in [1.54, 1.807) is 11.1 Å². The highest BCUT2D eigenvalue weighted by molar-refractivity contribution is 7.11. The number of aliphatic imine (C=N–C) groups is 1. The first kappa shape index (κ1) is 31.0. The quantitative estimate of drug-likeness (QED) is 0.300. The number of aromatic nitrogens is 1. The third-order valence-corrected chi connectivity index (χ3v) is 9.55. The number of carboxylic acid groups (broad SMARTS) is 1. The van der Waals surface area contributed by atoms with Gasteiger partial charge in [0.15, 0.2) is 10.8 Å². The molecular formula is C29H34ClFN6O5S. The molecule has 2 fully saturated rings. The van der Waals surface area contributed by atoms with Crippen LogP contribution in [0.3, 0.4) is 0 Å². The summed E-state index contributed by atoms with van der Waals surface area (Å²) in [6.07, 6.45) is 4.18. The maximum Gasteiger partial charge on any atom is 0.338 e. The Morgan fingerprint density at radius 2 is 2.14 bits per heavy atom. The van der Waals surface area contributed by atoms with Crippen LogP contribution in [0.25, 0.3) is 0 Å². The van der Waals surface area contributed by atoms with Gasteiger partial charge in [0.25, 0.3) is 0 Å². The number of hydrogen-bond acceptors (Lipinski definition) is 10. The smallest absolute Gasteiger partial charge is 0.338 e. The highest BCUT2D eigenvalue weighted by atomic mass is 35.5. The van der Waals surface area contributed by atoms with Gasteiger partial charge in [-0.15, -0.1) is 11.3 Å². The number of carboxylic acids is 1. The molecule has 11 nitrogen and oxygen atoms in total. The average Bonchev–Trinajstić information content (AvgIpc) is 3.70. The number of rotatable bonds is 10. The molecule has 0 spiro atoms. The lowest BCUT2D eigenvalue weighted by atomic mass is 9.95. The molecule has 2 aromatic rings. The van der Waals surface area contributed by atoms with Crippen molar-refractivity contribution in [1.82, 2.24) is 25.0 Å². The number of amides is 1.